The monoisotopic (exact) mass is 292 g/mol. The van der Waals surface area contributed by atoms with Crippen molar-refractivity contribution in [1.82, 2.24) is 9.97 Å². The Bertz CT molecular complexity index is 663. The molecule has 0 bridgehead atoms. The fourth-order valence-electron chi connectivity index (χ4n) is 2.01. The summed E-state index contributed by atoms with van der Waals surface area (Å²) in [4.78, 5) is 8.69. The molecule has 7 heteroatoms. The summed E-state index contributed by atoms with van der Waals surface area (Å²) in [7, 11) is 0. The molecule has 0 atom stereocenters. The molecule has 3 N–H and O–H groups in total. The van der Waals surface area contributed by atoms with E-state index in [4.69, 9.17) is 26.9 Å². The summed E-state index contributed by atoms with van der Waals surface area (Å²) in [5.41, 5.74) is 4.06. The number of anilines is 1. The Morgan fingerprint density at radius 2 is 2.00 bits per heavy atom. The van der Waals surface area contributed by atoms with Crippen LogP contribution >= 0.6 is 11.6 Å². The van der Waals surface area contributed by atoms with Gasteiger partial charge in [0.1, 0.15) is 19.0 Å². The number of nitrogens with two attached hydrogens (primary N) is 1. The van der Waals surface area contributed by atoms with Gasteiger partial charge < -0.3 is 14.9 Å². The third kappa shape index (κ3) is 2.35. The number of aryl methyl sites for hydroxylation is 1. The summed E-state index contributed by atoms with van der Waals surface area (Å²) < 4.78 is 11.0. The van der Waals surface area contributed by atoms with Gasteiger partial charge in [-0.2, -0.15) is 0 Å². The highest BCUT2D eigenvalue weighted by molar-refractivity contribution is 6.32. The Labute approximate surface area is 120 Å². The Morgan fingerprint density at radius 3 is 2.80 bits per heavy atom. The lowest BCUT2D eigenvalue weighted by Crippen LogP contribution is -2.15. The molecule has 1 aliphatic rings. The van der Waals surface area contributed by atoms with Crippen LogP contribution in [0.4, 0.5) is 5.82 Å². The Balaban J connectivity index is 2.10. The predicted molar refractivity (Wildman–Crippen MR) is 76.0 cm³/mol. The first-order valence-electron chi connectivity index (χ1n) is 6.09. The highest BCUT2D eigenvalue weighted by atomic mass is 35.5. The van der Waals surface area contributed by atoms with E-state index in [-0.39, 0.29) is 0 Å². The summed E-state index contributed by atoms with van der Waals surface area (Å²) >= 11 is 6.21. The topological polar surface area (TPSA) is 82.3 Å². The minimum atomic E-state index is 0.476. The molecule has 2 aromatic rings. The Kier molecular flexibility index (Phi) is 3.33. The van der Waals surface area contributed by atoms with Gasteiger partial charge in [-0.1, -0.05) is 11.6 Å². The van der Waals surface area contributed by atoms with E-state index >= 15 is 0 Å². The fourth-order valence-corrected chi connectivity index (χ4v) is 2.28. The number of benzene rings is 1. The van der Waals surface area contributed by atoms with Gasteiger partial charge in [0.15, 0.2) is 17.3 Å². The van der Waals surface area contributed by atoms with Crippen molar-refractivity contribution in [2.75, 3.05) is 18.6 Å². The first-order chi connectivity index (χ1) is 9.67. The lowest BCUT2D eigenvalue weighted by Gasteiger charge is -2.20. The van der Waals surface area contributed by atoms with Gasteiger partial charge in [0.05, 0.1) is 5.02 Å². The van der Waals surface area contributed by atoms with Gasteiger partial charge >= 0.3 is 0 Å². The number of halogens is 1. The molecule has 0 amide bonds. The number of aromatic nitrogens is 2. The molecule has 20 heavy (non-hydrogen) atoms. The van der Waals surface area contributed by atoms with Crippen LogP contribution < -0.4 is 20.7 Å². The van der Waals surface area contributed by atoms with Crippen molar-refractivity contribution in [1.29, 1.82) is 0 Å². The average molecular weight is 293 g/mol. The van der Waals surface area contributed by atoms with Gasteiger partial charge in [0, 0.05) is 17.3 Å². The molecule has 0 unspecified atom stereocenters. The van der Waals surface area contributed by atoms with Crippen molar-refractivity contribution >= 4 is 17.4 Å². The van der Waals surface area contributed by atoms with Crippen LogP contribution in [0.5, 0.6) is 11.5 Å². The lowest BCUT2D eigenvalue weighted by molar-refractivity contribution is 0.172. The molecule has 1 aromatic carbocycles. The quantitative estimate of drug-likeness (QED) is 0.652. The average Bonchev–Trinajstić information content (AvgIpc) is 2.46. The summed E-state index contributed by atoms with van der Waals surface area (Å²) in [6, 6.07) is 5.32. The minimum absolute atomic E-state index is 0.476. The molecule has 0 saturated carbocycles. The van der Waals surface area contributed by atoms with Crippen LogP contribution in [0.15, 0.2) is 18.2 Å². The number of rotatable bonds is 2. The maximum absolute atomic E-state index is 6.21. The van der Waals surface area contributed by atoms with E-state index < -0.39 is 0 Å². The van der Waals surface area contributed by atoms with Gasteiger partial charge in [-0.15, -0.1) is 0 Å². The second kappa shape index (κ2) is 5.15. The molecule has 1 aliphatic heterocycles. The zero-order chi connectivity index (χ0) is 14.1. The van der Waals surface area contributed by atoms with Crippen molar-refractivity contribution in [3.8, 4) is 22.9 Å². The first kappa shape index (κ1) is 13.0. The molecule has 1 aromatic heterocycles. The van der Waals surface area contributed by atoms with Crippen molar-refractivity contribution in [3.05, 3.63) is 28.9 Å². The van der Waals surface area contributed by atoms with Crippen molar-refractivity contribution in [2.24, 2.45) is 5.84 Å². The van der Waals surface area contributed by atoms with Crippen molar-refractivity contribution in [3.63, 3.8) is 0 Å². The number of hydrazine groups is 1. The van der Waals surface area contributed by atoms with E-state index in [1.54, 1.807) is 12.1 Å². The van der Waals surface area contributed by atoms with Gasteiger partial charge in [-0.05, 0) is 19.1 Å². The van der Waals surface area contributed by atoms with E-state index in [0.29, 0.717) is 41.4 Å². The highest BCUT2D eigenvalue weighted by Crippen LogP contribution is 2.40. The summed E-state index contributed by atoms with van der Waals surface area (Å²) in [6.07, 6.45) is 0. The fraction of sp³-hybridized carbons (Fsp3) is 0.231. The lowest BCUT2D eigenvalue weighted by atomic mass is 10.1. The Morgan fingerprint density at radius 1 is 1.20 bits per heavy atom. The SMILES string of the molecule is Cc1cc(NN)nc(-c2cc(Cl)c3c(c2)OCCO3)n1. The maximum Gasteiger partial charge on any atom is 0.179 e. The highest BCUT2D eigenvalue weighted by Gasteiger charge is 2.18. The standard InChI is InChI=1S/C13H13ClN4O2/c1-7-4-11(18-15)17-13(16-7)8-5-9(14)12-10(6-8)19-2-3-20-12/h4-6H,2-3,15H2,1H3,(H,16,17,18). The molecule has 0 aliphatic carbocycles. The number of nitrogens with zero attached hydrogens (tertiary/aromatic N) is 2. The van der Waals surface area contributed by atoms with E-state index in [1.165, 1.54) is 0 Å². The maximum atomic E-state index is 6.21. The number of hydrogen-bond donors (Lipinski definition) is 2. The van der Waals surface area contributed by atoms with Gasteiger partial charge in [0.25, 0.3) is 0 Å². The predicted octanol–water partition coefficient (Wildman–Crippen LogP) is 2.16. The van der Waals surface area contributed by atoms with Crippen LogP contribution in [-0.2, 0) is 0 Å². The second-order valence-electron chi connectivity index (χ2n) is 4.34. The molecule has 2 heterocycles. The van der Waals surface area contributed by atoms with E-state index in [2.05, 4.69) is 15.4 Å². The molecule has 0 radical (unpaired) electrons. The van der Waals surface area contributed by atoms with Crippen LogP contribution in [0.1, 0.15) is 5.69 Å². The molecular formula is C13H13ClN4O2. The second-order valence-corrected chi connectivity index (χ2v) is 4.75. The molecule has 0 saturated heterocycles. The van der Waals surface area contributed by atoms with Crippen LogP contribution in [0.3, 0.4) is 0 Å². The number of nitrogen functional groups attached to an aromatic ring is 1. The van der Waals surface area contributed by atoms with Gasteiger partial charge in [-0.3, -0.25) is 0 Å². The Hall–Kier alpha value is -2.05. The van der Waals surface area contributed by atoms with Gasteiger partial charge in [-0.25, -0.2) is 15.8 Å². The summed E-state index contributed by atoms with van der Waals surface area (Å²) in [5.74, 6) is 7.62. The first-order valence-corrected chi connectivity index (χ1v) is 6.47. The van der Waals surface area contributed by atoms with Crippen molar-refractivity contribution in [2.45, 2.75) is 6.92 Å². The number of hydrogen-bond acceptors (Lipinski definition) is 6. The zero-order valence-electron chi connectivity index (χ0n) is 10.8. The third-order valence-electron chi connectivity index (χ3n) is 2.86. The molecular weight excluding hydrogens is 280 g/mol. The summed E-state index contributed by atoms with van der Waals surface area (Å²) in [6.45, 7) is 2.86. The van der Waals surface area contributed by atoms with E-state index in [9.17, 15) is 0 Å². The van der Waals surface area contributed by atoms with E-state index in [1.807, 2.05) is 13.0 Å². The van der Waals surface area contributed by atoms with Crippen LogP contribution in [0.2, 0.25) is 5.02 Å². The van der Waals surface area contributed by atoms with Crippen LogP contribution in [0, 0.1) is 6.92 Å². The molecule has 0 fully saturated rings. The van der Waals surface area contributed by atoms with Crippen molar-refractivity contribution < 1.29 is 9.47 Å². The number of ether oxygens (including phenoxy) is 2. The molecule has 104 valence electrons. The minimum Gasteiger partial charge on any atom is -0.486 e. The smallest absolute Gasteiger partial charge is 0.179 e. The van der Waals surface area contributed by atoms with E-state index in [0.717, 1.165) is 11.3 Å². The normalized spacial score (nSPS) is 13.2. The zero-order valence-corrected chi connectivity index (χ0v) is 11.6. The largest absolute Gasteiger partial charge is 0.486 e. The van der Waals surface area contributed by atoms with Crippen LogP contribution in [-0.4, -0.2) is 23.2 Å². The molecule has 0 spiro atoms. The third-order valence-corrected chi connectivity index (χ3v) is 3.14. The summed E-state index contributed by atoms with van der Waals surface area (Å²) in [5, 5.41) is 0.476. The molecule has 6 nitrogen and oxygen atoms in total. The molecule has 3 rings (SSSR count). The number of fused-ring (bicyclic) bond motifs is 1. The van der Waals surface area contributed by atoms with Crippen LogP contribution in [0.25, 0.3) is 11.4 Å². The van der Waals surface area contributed by atoms with Gasteiger partial charge in [0.2, 0.25) is 0 Å². The number of nitrogens with one attached hydrogen (secondary N) is 1.